The molecule has 3 rings (SSSR count). The van der Waals surface area contributed by atoms with Crippen LogP contribution in [0.2, 0.25) is 5.04 Å². The van der Waals surface area contributed by atoms with Crippen molar-refractivity contribution in [3.8, 4) is 0 Å². The van der Waals surface area contributed by atoms with Gasteiger partial charge in [-0.2, -0.15) is 0 Å². The highest BCUT2D eigenvalue weighted by molar-refractivity contribution is 6.99. The number of ketones is 1. The second kappa shape index (κ2) is 11.5. The summed E-state index contributed by atoms with van der Waals surface area (Å²) in [5, 5.41) is 12.6. The van der Waals surface area contributed by atoms with Crippen LogP contribution < -0.4 is 10.4 Å². The maximum absolute atomic E-state index is 12.6. The van der Waals surface area contributed by atoms with Crippen LogP contribution >= 0.6 is 0 Å². The topological polar surface area (TPSA) is 65.0 Å². The molecule has 2 aromatic rings. The van der Waals surface area contributed by atoms with Gasteiger partial charge >= 0.3 is 0 Å². The third-order valence-electron chi connectivity index (χ3n) is 6.35. The third-order valence-corrected chi connectivity index (χ3v) is 11.4. The second-order valence-corrected chi connectivity index (χ2v) is 14.1. The molecule has 0 spiro atoms. The van der Waals surface area contributed by atoms with E-state index in [1.54, 1.807) is 0 Å². The normalized spacial score (nSPS) is 22.2. The van der Waals surface area contributed by atoms with Gasteiger partial charge in [-0.1, -0.05) is 94.8 Å². The number of Topliss-reactive ketones (excluding diaryl/α,β-unsaturated/α-hetero) is 1. The molecule has 1 saturated heterocycles. The van der Waals surface area contributed by atoms with Crippen LogP contribution in [0, 0.1) is 0 Å². The fourth-order valence-corrected chi connectivity index (χ4v) is 9.18. The van der Waals surface area contributed by atoms with Crippen LogP contribution in [0.1, 0.15) is 53.4 Å². The van der Waals surface area contributed by atoms with E-state index in [0.717, 1.165) is 12.8 Å². The van der Waals surface area contributed by atoms with Gasteiger partial charge in [-0.25, -0.2) is 0 Å². The minimum absolute atomic E-state index is 0.152. The summed E-state index contributed by atoms with van der Waals surface area (Å²) in [7, 11) is -2.71. The van der Waals surface area contributed by atoms with Gasteiger partial charge in [0.1, 0.15) is 6.10 Å². The van der Waals surface area contributed by atoms with Gasteiger partial charge in [0.2, 0.25) is 12.1 Å². The molecule has 6 heteroatoms. The molecule has 1 fully saturated rings. The molecular formula is C27H38O5Si. The first-order valence-electron chi connectivity index (χ1n) is 12.0. The average Bonchev–Trinajstić information content (AvgIpc) is 2.94. The summed E-state index contributed by atoms with van der Waals surface area (Å²) >= 11 is 0. The molecule has 0 radical (unpaired) electrons. The molecule has 1 N–H and O–H groups in total. The Labute approximate surface area is 199 Å². The maximum Gasteiger partial charge on any atom is 0.261 e. The first-order valence-corrected chi connectivity index (χ1v) is 13.9. The average molecular weight is 471 g/mol. The molecular weight excluding hydrogens is 432 g/mol. The van der Waals surface area contributed by atoms with Crippen molar-refractivity contribution in [1.82, 2.24) is 0 Å². The van der Waals surface area contributed by atoms with Crippen LogP contribution in [-0.2, 0) is 18.7 Å². The quantitative estimate of drug-likeness (QED) is 0.446. The van der Waals surface area contributed by atoms with Crippen molar-refractivity contribution in [2.75, 3.05) is 13.2 Å². The molecule has 5 nitrogen and oxygen atoms in total. The van der Waals surface area contributed by atoms with E-state index in [-0.39, 0.29) is 16.9 Å². The first kappa shape index (κ1) is 25.8. The van der Waals surface area contributed by atoms with E-state index < -0.39 is 20.7 Å². The lowest BCUT2D eigenvalue weighted by Crippen LogP contribution is -2.67. The van der Waals surface area contributed by atoms with Gasteiger partial charge in [0.25, 0.3) is 8.32 Å². The second-order valence-electron chi connectivity index (χ2n) is 9.78. The van der Waals surface area contributed by atoms with Crippen molar-refractivity contribution in [3.05, 3.63) is 60.7 Å². The fraction of sp³-hybridized carbons (Fsp3) is 0.519. The zero-order valence-electron chi connectivity index (χ0n) is 20.3. The zero-order chi connectivity index (χ0) is 23.9. The van der Waals surface area contributed by atoms with Gasteiger partial charge in [0.15, 0.2) is 0 Å². The summed E-state index contributed by atoms with van der Waals surface area (Å²) in [6.45, 7) is 9.58. The highest BCUT2D eigenvalue weighted by Crippen LogP contribution is 2.37. The monoisotopic (exact) mass is 470 g/mol. The molecule has 1 heterocycles. The Morgan fingerprint density at radius 1 is 1.00 bits per heavy atom. The number of ether oxygens (including phenoxy) is 2. The van der Waals surface area contributed by atoms with E-state index in [2.05, 4.69) is 76.2 Å². The highest BCUT2D eigenvalue weighted by Gasteiger charge is 2.50. The Morgan fingerprint density at radius 2 is 1.58 bits per heavy atom. The molecule has 1 unspecified atom stereocenters. The predicted octanol–water partition coefficient (Wildman–Crippen LogP) is 3.81. The van der Waals surface area contributed by atoms with Crippen molar-refractivity contribution >= 4 is 24.5 Å². The van der Waals surface area contributed by atoms with Gasteiger partial charge in [0.05, 0.1) is 12.7 Å². The molecule has 0 amide bonds. The van der Waals surface area contributed by atoms with Crippen LogP contribution in [0.25, 0.3) is 0 Å². The zero-order valence-corrected chi connectivity index (χ0v) is 21.3. The summed E-state index contributed by atoms with van der Waals surface area (Å²) in [6, 6.07) is 20.8. The Bertz CT molecular complexity index is 826. The standard InChI is InChI=1S/C27H38O5Si/c1-5-6-19-30-24-18-17-21(32-26(29)25(24)28)20-31-33(27(2,3)4,22-13-9-7-10-14-22)23-15-11-8-12-16-23/h7-16,21,24,26,29H,5-6,17-20H2,1-4H3/t21-,24+,26?/m0/s1. The lowest BCUT2D eigenvalue weighted by molar-refractivity contribution is -0.173. The molecule has 180 valence electrons. The Balaban J connectivity index is 1.85. The van der Waals surface area contributed by atoms with Crippen LogP contribution in [0.15, 0.2) is 60.7 Å². The molecule has 33 heavy (non-hydrogen) atoms. The van der Waals surface area contributed by atoms with Crippen molar-refractivity contribution in [2.45, 2.75) is 76.9 Å². The molecule has 0 aliphatic carbocycles. The minimum Gasteiger partial charge on any atom is -0.405 e. The lowest BCUT2D eigenvalue weighted by Gasteiger charge is -2.43. The number of rotatable bonds is 9. The summed E-state index contributed by atoms with van der Waals surface area (Å²) in [5.74, 6) is -0.390. The number of aliphatic hydroxyl groups is 1. The van der Waals surface area contributed by atoms with Crippen LogP contribution in [0.4, 0.5) is 0 Å². The number of hydrogen-bond acceptors (Lipinski definition) is 5. The summed E-state index contributed by atoms with van der Waals surface area (Å²) in [4.78, 5) is 12.6. The number of unbranched alkanes of at least 4 members (excludes halogenated alkanes) is 1. The Hall–Kier alpha value is -1.83. The van der Waals surface area contributed by atoms with Crippen LogP contribution in [0.5, 0.6) is 0 Å². The Morgan fingerprint density at radius 3 is 2.09 bits per heavy atom. The van der Waals surface area contributed by atoms with Crippen molar-refractivity contribution in [3.63, 3.8) is 0 Å². The smallest absolute Gasteiger partial charge is 0.261 e. The number of benzene rings is 2. The molecule has 0 bridgehead atoms. The molecule has 1 aliphatic heterocycles. The lowest BCUT2D eigenvalue weighted by atomic mass is 10.1. The number of carbonyl (C=O) groups excluding carboxylic acids is 1. The number of aliphatic hydroxyl groups excluding tert-OH is 1. The highest BCUT2D eigenvalue weighted by atomic mass is 28.4. The van der Waals surface area contributed by atoms with E-state index in [1.165, 1.54) is 10.4 Å². The van der Waals surface area contributed by atoms with E-state index in [4.69, 9.17) is 13.9 Å². The molecule has 0 aromatic heterocycles. The predicted molar refractivity (Wildman–Crippen MR) is 133 cm³/mol. The van der Waals surface area contributed by atoms with E-state index in [0.29, 0.717) is 26.1 Å². The maximum atomic E-state index is 12.6. The fourth-order valence-electron chi connectivity index (χ4n) is 4.59. The largest absolute Gasteiger partial charge is 0.405 e. The summed E-state index contributed by atoms with van der Waals surface area (Å²) < 4.78 is 18.4. The SMILES string of the molecule is CCCCO[C@@H]1CC[C@@H](CO[Si](c2ccccc2)(c2ccccc2)C(C)(C)C)OC(O)C1=O. The minimum atomic E-state index is -2.71. The van der Waals surface area contributed by atoms with Gasteiger partial charge in [-0.3, -0.25) is 4.79 Å². The first-order chi connectivity index (χ1) is 15.8. The van der Waals surface area contributed by atoms with Crippen molar-refractivity contribution in [2.24, 2.45) is 0 Å². The van der Waals surface area contributed by atoms with Crippen molar-refractivity contribution in [1.29, 1.82) is 0 Å². The number of carbonyl (C=O) groups is 1. The molecule has 3 atom stereocenters. The van der Waals surface area contributed by atoms with Gasteiger partial charge in [-0.05, 0) is 34.7 Å². The summed E-state index contributed by atoms with van der Waals surface area (Å²) in [6.07, 6.45) is 0.518. The van der Waals surface area contributed by atoms with Gasteiger partial charge < -0.3 is 19.0 Å². The van der Waals surface area contributed by atoms with Gasteiger partial charge in [0, 0.05) is 6.61 Å². The van der Waals surface area contributed by atoms with E-state index in [9.17, 15) is 9.90 Å². The van der Waals surface area contributed by atoms with Crippen molar-refractivity contribution < 1.29 is 23.8 Å². The number of hydrogen-bond donors (Lipinski definition) is 1. The van der Waals surface area contributed by atoms with Crippen LogP contribution in [-0.4, -0.2) is 50.9 Å². The van der Waals surface area contributed by atoms with Crippen LogP contribution in [0.3, 0.4) is 0 Å². The third kappa shape index (κ3) is 6.00. The van der Waals surface area contributed by atoms with E-state index >= 15 is 0 Å². The van der Waals surface area contributed by atoms with E-state index in [1.807, 2.05) is 12.1 Å². The summed E-state index contributed by atoms with van der Waals surface area (Å²) in [5.41, 5.74) is 0. The molecule has 0 saturated carbocycles. The molecule has 2 aromatic carbocycles. The van der Waals surface area contributed by atoms with Gasteiger partial charge in [-0.15, -0.1) is 0 Å². The Kier molecular flexibility index (Phi) is 9.01. The molecule has 1 aliphatic rings.